The minimum atomic E-state index is -4.67. The van der Waals surface area contributed by atoms with Crippen molar-refractivity contribution in [2.24, 2.45) is 10.9 Å². The molecule has 1 saturated carbocycles. The van der Waals surface area contributed by atoms with Crippen molar-refractivity contribution in [1.29, 1.82) is 0 Å². The molecule has 1 aliphatic carbocycles. The number of amides is 1. The number of nitrogens with one attached hydrogen (secondary N) is 3. The van der Waals surface area contributed by atoms with Gasteiger partial charge in [-0.2, -0.15) is 13.2 Å². The minimum Gasteiger partial charge on any atom is -0.459 e. The second kappa shape index (κ2) is 12.3. The smallest absolute Gasteiger partial charge is 0.416 e. The first kappa shape index (κ1) is 29.6. The summed E-state index contributed by atoms with van der Waals surface area (Å²) in [7, 11) is 0. The number of aryl methyl sites for hydroxylation is 1. The van der Waals surface area contributed by atoms with Gasteiger partial charge in [0.05, 0.1) is 23.5 Å². The number of nitrogens with zero attached hydrogens (tertiary/aromatic N) is 4. The van der Waals surface area contributed by atoms with E-state index in [0.717, 1.165) is 41.8 Å². The van der Waals surface area contributed by atoms with Crippen LogP contribution in [0.3, 0.4) is 0 Å². The van der Waals surface area contributed by atoms with E-state index in [9.17, 15) is 22.8 Å². The van der Waals surface area contributed by atoms with Gasteiger partial charge in [-0.1, -0.05) is 6.07 Å². The molecule has 6 rings (SSSR count). The fraction of sp³-hybridized carbons (Fsp3) is 0.219. The Kier molecular flexibility index (Phi) is 8.07. The monoisotopic (exact) mass is 615 g/mol. The van der Waals surface area contributed by atoms with Crippen LogP contribution in [0.15, 0.2) is 84.5 Å². The van der Waals surface area contributed by atoms with Crippen molar-refractivity contribution < 1.29 is 27.5 Å². The molecule has 3 N–H and O–H groups in total. The average Bonchev–Trinajstić information content (AvgIpc) is 3.78. The number of hydrogen-bond donors (Lipinski definition) is 3. The summed E-state index contributed by atoms with van der Waals surface area (Å²) in [4.78, 5) is 37.8. The fourth-order valence-corrected chi connectivity index (χ4v) is 4.64. The fourth-order valence-electron chi connectivity index (χ4n) is 4.64. The molecule has 2 aromatic heterocycles. The number of aliphatic imine (C=N–C) groups is 1. The molecule has 0 spiro atoms. The zero-order chi connectivity index (χ0) is 31.6. The van der Waals surface area contributed by atoms with Gasteiger partial charge >= 0.3 is 12.1 Å². The normalized spacial score (nSPS) is 16.0. The third-order valence-electron chi connectivity index (χ3n) is 7.24. The van der Waals surface area contributed by atoms with E-state index < -0.39 is 23.9 Å². The summed E-state index contributed by atoms with van der Waals surface area (Å²) < 4.78 is 48.1. The lowest BCUT2D eigenvalue weighted by Crippen LogP contribution is -2.35. The Balaban J connectivity index is 1.18. The molecule has 45 heavy (non-hydrogen) atoms. The molecule has 13 heteroatoms. The number of allylic oxidation sites excluding steroid dienone is 1. The maximum Gasteiger partial charge on any atom is 0.416 e. The van der Waals surface area contributed by atoms with Crippen molar-refractivity contribution in [3.8, 4) is 5.69 Å². The summed E-state index contributed by atoms with van der Waals surface area (Å²) in [6.07, 6.45) is 6.09. The Morgan fingerprint density at radius 1 is 1.13 bits per heavy atom. The number of anilines is 2. The number of carbonyl (C=O) groups excluding carboxylic acids is 2. The van der Waals surface area contributed by atoms with Gasteiger partial charge in [0, 0.05) is 58.7 Å². The van der Waals surface area contributed by atoms with Crippen LogP contribution >= 0.6 is 0 Å². The first-order chi connectivity index (χ1) is 21.6. The number of esters is 1. The van der Waals surface area contributed by atoms with Crippen molar-refractivity contribution in [2.45, 2.75) is 38.8 Å². The van der Waals surface area contributed by atoms with E-state index in [2.05, 4.69) is 30.9 Å². The van der Waals surface area contributed by atoms with E-state index in [-0.39, 0.29) is 35.4 Å². The van der Waals surface area contributed by atoms with E-state index in [1.165, 1.54) is 23.2 Å². The molecule has 2 aliphatic rings. The molecule has 3 heterocycles. The number of alkyl halides is 3. The third-order valence-corrected chi connectivity index (χ3v) is 7.24. The summed E-state index contributed by atoms with van der Waals surface area (Å²) in [6.45, 7) is 1.78. The molecule has 2 aromatic carbocycles. The van der Waals surface area contributed by atoms with Crippen LogP contribution in [0.25, 0.3) is 11.4 Å². The highest BCUT2D eigenvalue weighted by molar-refractivity contribution is 6.05. The number of ether oxygens (including phenoxy) is 1. The quantitative estimate of drug-likeness (QED) is 0.206. The van der Waals surface area contributed by atoms with Gasteiger partial charge in [-0.3, -0.25) is 14.6 Å². The van der Waals surface area contributed by atoms with Gasteiger partial charge in [0.25, 0.3) is 5.91 Å². The van der Waals surface area contributed by atoms with E-state index in [4.69, 9.17) is 4.74 Å². The number of hydrogen-bond acceptors (Lipinski definition) is 8. The highest BCUT2D eigenvalue weighted by Gasteiger charge is 2.32. The molecule has 0 saturated heterocycles. The van der Waals surface area contributed by atoms with Crippen LogP contribution in [0.5, 0.6) is 0 Å². The van der Waals surface area contributed by atoms with Gasteiger partial charge in [-0.25, -0.2) is 9.98 Å². The number of carbonyl (C=O) groups is 2. The first-order valence-electron chi connectivity index (χ1n) is 14.1. The maximum atomic E-state index is 13.8. The van der Waals surface area contributed by atoms with Crippen LogP contribution < -0.4 is 16.0 Å². The molecular weight excluding hydrogens is 587 g/mol. The number of benzene rings is 2. The Bertz CT molecular complexity index is 1800. The molecule has 0 radical (unpaired) electrons. The number of imidazole rings is 1. The summed E-state index contributed by atoms with van der Waals surface area (Å²) in [6, 6.07) is 11.9. The van der Waals surface area contributed by atoms with Crippen LogP contribution in [-0.2, 0) is 22.3 Å². The molecule has 4 aromatic rings. The Labute approximate surface area is 256 Å². The summed E-state index contributed by atoms with van der Waals surface area (Å²) in [5.74, 6) is -0.989. The number of halogens is 3. The zero-order valence-corrected chi connectivity index (χ0v) is 24.0. The summed E-state index contributed by atoms with van der Waals surface area (Å²) in [5.41, 5.74) is 2.87. The number of aromatic nitrogens is 3. The lowest BCUT2D eigenvalue weighted by atomic mass is 10.1. The van der Waals surface area contributed by atoms with Crippen LogP contribution in [0.1, 0.15) is 45.6 Å². The molecular formula is C32H28F3N7O3. The average molecular weight is 616 g/mol. The highest BCUT2D eigenvalue weighted by atomic mass is 19.4. The van der Waals surface area contributed by atoms with Gasteiger partial charge in [-0.15, -0.1) is 0 Å². The standard InChI is InChI=1S/C32H28F3N7O3/c1-19-4-5-21(11-28(19)41-31-37-10-8-27(40-31)22-3-2-9-36-15-22)29(43)39-24-12-23(32(33,34)35)13-26(14-24)42-16-25(38-18-42)17-45-30(44)20-6-7-20/h2-5,8-16,18,20,31,40-41H,6-7,17H2,1H3,(H,39,43). The lowest BCUT2D eigenvalue weighted by molar-refractivity contribution is -0.146. The van der Waals surface area contributed by atoms with Crippen LogP contribution in [0.4, 0.5) is 24.5 Å². The predicted octanol–water partition coefficient (Wildman–Crippen LogP) is 5.71. The SMILES string of the molecule is Cc1ccc(C(=O)Nc2cc(-n3cnc(COC(=O)C4CC4)c3)cc(C(F)(F)F)c2)cc1NC1N=CC=C(c2cccnc2)N1. The van der Waals surface area contributed by atoms with Crippen molar-refractivity contribution in [1.82, 2.24) is 19.9 Å². The molecule has 1 fully saturated rings. The van der Waals surface area contributed by atoms with E-state index >= 15 is 0 Å². The molecule has 0 bridgehead atoms. The third kappa shape index (κ3) is 7.20. The Hall–Kier alpha value is -5.46. The first-order valence-corrected chi connectivity index (χ1v) is 14.1. The van der Waals surface area contributed by atoms with Gasteiger partial charge in [0.2, 0.25) is 0 Å². The largest absolute Gasteiger partial charge is 0.459 e. The predicted molar refractivity (Wildman–Crippen MR) is 161 cm³/mol. The minimum absolute atomic E-state index is 0.0554. The van der Waals surface area contributed by atoms with Crippen LogP contribution in [0, 0.1) is 12.8 Å². The summed E-state index contributed by atoms with van der Waals surface area (Å²) >= 11 is 0. The highest BCUT2D eigenvalue weighted by Crippen LogP contribution is 2.34. The van der Waals surface area contributed by atoms with Gasteiger partial charge < -0.3 is 25.3 Å². The number of pyridine rings is 1. The van der Waals surface area contributed by atoms with Crippen molar-refractivity contribution in [3.63, 3.8) is 0 Å². The molecule has 10 nitrogen and oxygen atoms in total. The van der Waals surface area contributed by atoms with Crippen molar-refractivity contribution in [3.05, 3.63) is 107 Å². The van der Waals surface area contributed by atoms with E-state index in [1.54, 1.807) is 36.8 Å². The van der Waals surface area contributed by atoms with E-state index in [1.807, 2.05) is 25.1 Å². The van der Waals surface area contributed by atoms with Crippen LogP contribution in [-0.4, -0.2) is 38.9 Å². The number of rotatable bonds is 9. The Morgan fingerprint density at radius 2 is 1.98 bits per heavy atom. The van der Waals surface area contributed by atoms with E-state index in [0.29, 0.717) is 11.4 Å². The van der Waals surface area contributed by atoms with Gasteiger partial charge in [-0.05, 0) is 73.9 Å². The molecule has 1 aliphatic heterocycles. The molecule has 230 valence electrons. The van der Waals surface area contributed by atoms with Crippen molar-refractivity contribution >= 4 is 35.2 Å². The topological polar surface area (TPSA) is 123 Å². The maximum absolute atomic E-state index is 13.8. The second-order valence-electron chi connectivity index (χ2n) is 10.7. The summed E-state index contributed by atoms with van der Waals surface area (Å²) in [5, 5.41) is 9.12. The van der Waals surface area contributed by atoms with Gasteiger partial charge in [0.15, 0.2) is 6.29 Å². The van der Waals surface area contributed by atoms with Crippen LogP contribution in [0.2, 0.25) is 0 Å². The molecule has 1 amide bonds. The zero-order valence-electron chi connectivity index (χ0n) is 24.0. The second-order valence-corrected chi connectivity index (χ2v) is 10.7. The molecule has 1 atom stereocenters. The lowest BCUT2D eigenvalue weighted by Gasteiger charge is -2.24. The van der Waals surface area contributed by atoms with Crippen molar-refractivity contribution in [2.75, 3.05) is 10.6 Å². The van der Waals surface area contributed by atoms with Gasteiger partial charge in [0.1, 0.15) is 6.61 Å². The Morgan fingerprint density at radius 3 is 2.73 bits per heavy atom. The molecule has 1 unspecified atom stereocenters.